The zero-order valence-corrected chi connectivity index (χ0v) is 12.2. The molecule has 0 radical (unpaired) electrons. The highest BCUT2D eigenvalue weighted by Gasteiger charge is 2.19. The maximum atomic E-state index is 5.93. The lowest BCUT2D eigenvalue weighted by molar-refractivity contribution is 0.459. The molecule has 0 saturated carbocycles. The molecule has 3 heteroatoms. The molecule has 20 heavy (non-hydrogen) atoms. The second kappa shape index (κ2) is 5.86. The van der Waals surface area contributed by atoms with E-state index in [2.05, 4.69) is 29.6 Å². The number of nitrogen functional groups attached to an aromatic ring is 1. The fourth-order valence-electron chi connectivity index (χ4n) is 2.87. The fraction of sp³-hybridized carbons (Fsp3) is 0.294. The predicted molar refractivity (Wildman–Crippen MR) is 84.8 cm³/mol. The van der Waals surface area contributed by atoms with Gasteiger partial charge >= 0.3 is 0 Å². The van der Waals surface area contributed by atoms with Gasteiger partial charge in [-0.25, -0.2) is 0 Å². The summed E-state index contributed by atoms with van der Waals surface area (Å²) in [5.74, 6) is 0. The van der Waals surface area contributed by atoms with Crippen molar-refractivity contribution in [2.75, 3.05) is 5.73 Å². The Morgan fingerprint density at radius 1 is 1.15 bits per heavy atom. The monoisotopic (exact) mass is 286 g/mol. The normalized spacial score (nSPS) is 17.8. The maximum Gasteiger partial charge on any atom is 0.0406 e. The van der Waals surface area contributed by atoms with Crippen molar-refractivity contribution in [3.63, 3.8) is 0 Å². The quantitative estimate of drug-likeness (QED) is 0.834. The average Bonchev–Trinajstić information content (AvgIpc) is 2.47. The van der Waals surface area contributed by atoms with Gasteiger partial charge in [0.05, 0.1) is 0 Å². The predicted octanol–water partition coefficient (Wildman–Crippen LogP) is 4.09. The van der Waals surface area contributed by atoms with Crippen LogP contribution in [0.3, 0.4) is 0 Å². The van der Waals surface area contributed by atoms with Gasteiger partial charge in [0.25, 0.3) is 0 Å². The standard InChI is InChI=1S/C17H19ClN2/c18-14-7-4-12(5-8-14)11-20-17-3-1-2-13-6-9-15(19)10-16(13)17/h4-10,17,20H,1-3,11,19H2. The largest absolute Gasteiger partial charge is 0.399 e. The highest BCUT2D eigenvalue weighted by molar-refractivity contribution is 6.30. The van der Waals surface area contributed by atoms with Crippen LogP contribution in [-0.4, -0.2) is 0 Å². The van der Waals surface area contributed by atoms with Gasteiger partial charge < -0.3 is 11.1 Å². The van der Waals surface area contributed by atoms with Gasteiger partial charge in [0.1, 0.15) is 0 Å². The van der Waals surface area contributed by atoms with Gasteiger partial charge in [-0.1, -0.05) is 29.8 Å². The van der Waals surface area contributed by atoms with Crippen molar-refractivity contribution >= 4 is 17.3 Å². The lowest BCUT2D eigenvalue weighted by Crippen LogP contribution is -2.25. The van der Waals surface area contributed by atoms with E-state index >= 15 is 0 Å². The maximum absolute atomic E-state index is 5.93. The van der Waals surface area contributed by atoms with Gasteiger partial charge in [0.15, 0.2) is 0 Å². The minimum absolute atomic E-state index is 0.401. The van der Waals surface area contributed by atoms with E-state index in [-0.39, 0.29) is 0 Å². The third-order valence-electron chi connectivity index (χ3n) is 3.95. The summed E-state index contributed by atoms with van der Waals surface area (Å²) in [5.41, 5.74) is 10.8. The Morgan fingerprint density at radius 2 is 1.95 bits per heavy atom. The first kappa shape index (κ1) is 13.5. The molecule has 2 aromatic carbocycles. The number of hydrogen-bond donors (Lipinski definition) is 2. The van der Waals surface area contributed by atoms with Crippen molar-refractivity contribution in [1.29, 1.82) is 0 Å². The highest BCUT2D eigenvalue weighted by atomic mass is 35.5. The van der Waals surface area contributed by atoms with Crippen molar-refractivity contribution in [2.45, 2.75) is 31.8 Å². The number of hydrogen-bond acceptors (Lipinski definition) is 2. The van der Waals surface area contributed by atoms with Crippen LogP contribution < -0.4 is 11.1 Å². The minimum Gasteiger partial charge on any atom is -0.399 e. The Hall–Kier alpha value is -1.51. The van der Waals surface area contributed by atoms with Gasteiger partial charge in [0.2, 0.25) is 0 Å². The summed E-state index contributed by atoms with van der Waals surface area (Å²) in [6, 6.07) is 14.7. The molecule has 1 unspecified atom stereocenters. The summed E-state index contributed by atoms with van der Waals surface area (Å²) < 4.78 is 0. The molecule has 0 fully saturated rings. The number of rotatable bonds is 3. The Labute approximate surface area is 125 Å². The summed E-state index contributed by atoms with van der Waals surface area (Å²) in [6.07, 6.45) is 3.56. The Balaban J connectivity index is 1.73. The molecule has 0 bridgehead atoms. The number of halogens is 1. The smallest absolute Gasteiger partial charge is 0.0406 e. The van der Waals surface area contributed by atoms with Crippen LogP contribution in [0, 0.1) is 0 Å². The van der Waals surface area contributed by atoms with Crippen molar-refractivity contribution in [3.8, 4) is 0 Å². The molecular formula is C17H19ClN2. The van der Waals surface area contributed by atoms with Gasteiger partial charge in [0, 0.05) is 23.3 Å². The summed E-state index contributed by atoms with van der Waals surface area (Å²) in [7, 11) is 0. The van der Waals surface area contributed by atoms with E-state index < -0.39 is 0 Å². The zero-order valence-electron chi connectivity index (χ0n) is 11.4. The molecule has 0 spiro atoms. The molecule has 0 aromatic heterocycles. The summed E-state index contributed by atoms with van der Waals surface area (Å²) in [6.45, 7) is 0.857. The average molecular weight is 287 g/mol. The third kappa shape index (κ3) is 2.97. The molecule has 1 atom stereocenters. The summed E-state index contributed by atoms with van der Waals surface area (Å²) >= 11 is 5.91. The topological polar surface area (TPSA) is 38.0 Å². The van der Waals surface area contributed by atoms with E-state index in [1.807, 2.05) is 18.2 Å². The fourth-order valence-corrected chi connectivity index (χ4v) is 3.00. The third-order valence-corrected chi connectivity index (χ3v) is 4.20. The van der Waals surface area contributed by atoms with Gasteiger partial charge in [-0.05, 0) is 60.2 Å². The molecule has 1 aliphatic carbocycles. The van der Waals surface area contributed by atoms with Crippen LogP contribution in [0.15, 0.2) is 42.5 Å². The molecule has 3 rings (SSSR count). The zero-order chi connectivity index (χ0) is 13.9. The number of anilines is 1. The number of aryl methyl sites for hydroxylation is 1. The van der Waals surface area contributed by atoms with Crippen molar-refractivity contribution in [3.05, 3.63) is 64.2 Å². The molecule has 0 saturated heterocycles. The van der Waals surface area contributed by atoms with Crippen molar-refractivity contribution in [1.82, 2.24) is 5.32 Å². The summed E-state index contributed by atoms with van der Waals surface area (Å²) in [4.78, 5) is 0. The first-order chi connectivity index (χ1) is 9.72. The number of nitrogens with two attached hydrogens (primary N) is 1. The van der Waals surface area contributed by atoms with Crippen molar-refractivity contribution in [2.24, 2.45) is 0 Å². The van der Waals surface area contributed by atoms with Crippen molar-refractivity contribution < 1.29 is 0 Å². The van der Waals surface area contributed by atoms with Crippen LogP contribution in [0.25, 0.3) is 0 Å². The summed E-state index contributed by atoms with van der Waals surface area (Å²) in [5, 5.41) is 4.42. The molecule has 0 amide bonds. The lowest BCUT2D eigenvalue weighted by atomic mass is 9.87. The molecule has 104 valence electrons. The van der Waals surface area contributed by atoms with Crippen LogP contribution in [0.2, 0.25) is 5.02 Å². The first-order valence-corrected chi connectivity index (χ1v) is 7.46. The second-order valence-electron chi connectivity index (χ2n) is 5.41. The minimum atomic E-state index is 0.401. The second-order valence-corrected chi connectivity index (χ2v) is 5.85. The van der Waals surface area contributed by atoms with E-state index in [1.165, 1.54) is 29.5 Å². The molecule has 0 heterocycles. The number of fused-ring (bicyclic) bond motifs is 1. The van der Waals surface area contributed by atoms with Crippen LogP contribution in [0.5, 0.6) is 0 Å². The van der Waals surface area contributed by atoms with Gasteiger partial charge in [-0.15, -0.1) is 0 Å². The van der Waals surface area contributed by atoms with Crippen LogP contribution in [-0.2, 0) is 13.0 Å². The SMILES string of the molecule is Nc1ccc2c(c1)C(NCc1ccc(Cl)cc1)CCC2. The molecule has 3 N–H and O–H groups in total. The Morgan fingerprint density at radius 3 is 2.75 bits per heavy atom. The van der Waals surface area contributed by atoms with Crippen LogP contribution in [0.1, 0.15) is 35.6 Å². The molecule has 2 nitrogen and oxygen atoms in total. The Kier molecular flexibility index (Phi) is 3.95. The number of benzene rings is 2. The molecule has 1 aliphatic rings. The van der Waals surface area contributed by atoms with Gasteiger partial charge in [-0.2, -0.15) is 0 Å². The van der Waals surface area contributed by atoms with E-state index in [1.54, 1.807) is 0 Å². The number of nitrogens with one attached hydrogen (secondary N) is 1. The first-order valence-electron chi connectivity index (χ1n) is 7.08. The molecular weight excluding hydrogens is 268 g/mol. The van der Waals surface area contributed by atoms with Crippen LogP contribution in [0.4, 0.5) is 5.69 Å². The van der Waals surface area contributed by atoms with E-state index in [9.17, 15) is 0 Å². The van der Waals surface area contributed by atoms with Gasteiger partial charge in [-0.3, -0.25) is 0 Å². The van der Waals surface area contributed by atoms with E-state index in [0.717, 1.165) is 23.7 Å². The van der Waals surface area contributed by atoms with E-state index in [0.29, 0.717) is 6.04 Å². The molecule has 2 aromatic rings. The van der Waals surface area contributed by atoms with Crippen LogP contribution >= 0.6 is 11.6 Å². The lowest BCUT2D eigenvalue weighted by Gasteiger charge is -2.27. The van der Waals surface area contributed by atoms with E-state index in [4.69, 9.17) is 17.3 Å². The highest BCUT2D eigenvalue weighted by Crippen LogP contribution is 2.31. The Bertz CT molecular complexity index is 592. The molecule has 0 aliphatic heterocycles.